The molecule has 118 valence electrons. The van der Waals surface area contributed by atoms with Crippen LogP contribution in [0.2, 0.25) is 0 Å². The first-order valence-corrected chi connectivity index (χ1v) is 8.29. The van der Waals surface area contributed by atoms with E-state index in [0.29, 0.717) is 32.7 Å². The summed E-state index contributed by atoms with van der Waals surface area (Å²) in [6.45, 7) is 4.40. The van der Waals surface area contributed by atoms with Crippen molar-refractivity contribution in [1.82, 2.24) is 4.90 Å². The first kappa shape index (κ1) is 15.5. The Morgan fingerprint density at radius 3 is 2.68 bits per heavy atom. The Hall–Kier alpha value is -1.40. The van der Waals surface area contributed by atoms with Crippen LogP contribution in [0.25, 0.3) is 0 Å². The van der Waals surface area contributed by atoms with E-state index in [1.807, 2.05) is 30.0 Å². The summed E-state index contributed by atoms with van der Waals surface area (Å²) in [6.07, 6.45) is 0.650. The molecule has 6 heteroatoms. The number of hydrogen-bond acceptors (Lipinski definition) is 3. The van der Waals surface area contributed by atoms with Gasteiger partial charge in [-0.2, -0.15) is 0 Å². The third-order valence-corrected chi connectivity index (χ3v) is 4.71. The summed E-state index contributed by atoms with van der Waals surface area (Å²) in [5.74, 6) is -0.319. The van der Waals surface area contributed by atoms with Crippen LogP contribution in [0.3, 0.4) is 0 Å². The van der Waals surface area contributed by atoms with E-state index >= 15 is 0 Å². The molecule has 2 atom stereocenters. The monoisotopic (exact) mass is 366 g/mol. The van der Waals surface area contributed by atoms with Crippen molar-refractivity contribution in [3.63, 3.8) is 0 Å². The standard InChI is InChI=1S/C16H19BrN2O3/c1-10-8-11(17)2-3-14(10)18-15(20)12-9-13(12)16(21)19-4-6-22-7-5-19/h2-3,8,12-13H,4-7,9H2,1H3,(H,18,20). The maximum Gasteiger partial charge on any atom is 0.228 e. The molecule has 22 heavy (non-hydrogen) atoms. The highest BCUT2D eigenvalue weighted by Gasteiger charge is 2.49. The smallest absolute Gasteiger partial charge is 0.228 e. The number of benzene rings is 1. The molecule has 5 nitrogen and oxygen atoms in total. The van der Waals surface area contributed by atoms with Crippen LogP contribution in [0, 0.1) is 18.8 Å². The van der Waals surface area contributed by atoms with Gasteiger partial charge in [-0.25, -0.2) is 0 Å². The summed E-state index contributed by atoms with van der Waals surface area (Å²) in [4.78, 5) is 26.4. The van der Waals surface area contributed by atoms with Gasteiger partial charge in [0.1, 0.15) is 0 Å². The average molecular weight is 367 g/mol. The number of ether oxygens (including phenoxy) is 1. The molecule has 0 radical (unpaired) electrons. The minimum atomic E-state index is -0.196. The second-order valence-corrected chi connectivity index (χ2v) is 6.75. The number of carbonyl (C=O) groups is 2. The number of carbonyl (C=O) groups excluding carboxylic acids is 2. The van der Waals surface area contributed by atoms with E-state index < -0.39 is 0 Å². The Morgan fingerprint density at radius 1 is 1.27 bits per heavy atom. The van der Waals surface area contributed by atoms with E-state index in [4.69, 9.17) is 4.74 Å². The SMILES string of the molecule is Cc1cc(Br)ccc1NC(=O)C1CC1C(=O)N1CCOCC1. The highest BCUT2D eigenvalue weighted by molar-refractivity contribution is 9.10. The molecular formula is C16H19BrN2O3. The van der Waals surface area contributed by atoms with Crippen LogP contribution < -0.4 is 5.32 Å². The van der Waals surface area contributed by atoms with Crippen molar-refractivity contribution in [1.29, 1.82) is 0 Å². The Morgan fingerprint density at radius 2 is 2.00 bits per heavy atom. The molecule has 1 N–H and O–H groups in total. The van der Waals surface area contributed by atoms with E-state index in [9.17, 15) is 9.59 Å². The van der Waals surface area contributed by atoms with E-state index in [2.05, 4.69) is 21.2 Å². The number of rotatable bonds is 3. The van der Waals surface area contributed by atoms with Crippen LogP contribution in [0.4, 0.5) is 5.69 Å². The molecule has 2 fully saturated rings. The minimum absolute atomic E-state index is 0.0583. The molecule has 1 aromatic carbocycles. The summed E-state index contributed by atoms with van der Waals surface area (Å²) in [6, 6.07) is 5.73. The van der Waals surface area contributed by atoms with E-state index in [1.54, 1.807) is 0 Å². The number of aryl methyl sites for hydroxylation is 1. The van der Waals surface area contributed by atoms with Gasteiger partial charge in [-0.3, -0.25) is 9.59 Å². The average Bonchev–Trinajstić information content (AvgIpc) is 3.31. The van der Waals surface area contributed by atoms with Crippen molar-refractivity contribution in [3.05, 3.63) is 28.2 Å². The molecule has 2 unspecified atom stereocenters. The number of halogens is 1. The van der Waals surface area contributed by atoms with Gasteiger partial charge >= 0.3 is 0 Å². The fourth-order valence-corrected chi connectivity index (χ4v) is 3.24. The lowest BCUT2D eigenvalue weighted by Gasteiger charge is -2.27. The van der Waals surface area contributed by atoms with Crippen molar-refractivity contribution < 1.29 is 14.3 Å². The lowest BCUT2D eigenvalue weighted by Crippen LogP contribution is -2.42. The highest BCUT2D eigenvalue weighted by Crippen LogP contribution is 2.41. The zero-order valence-electron chi connectivity index (χ0n) is 12.5. The van der Waals surface area contributed by atoms with Crippen LogP contribution in [0.5, 0.6) is 0 Å². The summed E-state index contributed by atoms with van der Waals surface area (Å²) < 4.78 is 6.23. The van der Waals surface area contributed by atoms with Crippen LogP contribution >= 0.6 is 15.9 Å². The molecule has 1 aliphatic heterocycles. The van der Waals surface area contributed by atoms with E-state index in [0.717, 1.165) is 15.7 Å². The minimum Gasteiger partial charge on any atom is -0.378 e. The maximum atomic E-state index is 12.3. The summed E-state index contributed by atoms with van der Waals surface area (Å²) in [5, 5.41) is 2.93. The Kier molecular flexibility index (Phi) is 4.49. The zero-order valence-corrected chi connectivity index (χ0v) is 14.1. The second-order valence-electron chi connectivity index (χ2n) is 5.83. The number of morpholine rings is 1. The van der Waals surface area contributed by atoms with Gasteiger partial charge in [-0.1, -0.05) is 15.9 Å². The molecule has 0 aromatic heterocycles. The van der Waals surface area contributed by atoms with Crippen LogP contribution in [0.1, 0.15) is 12.0 Å². The number of amides is 2. The molecule has 0 bridgehead atoms. The molecule has 0 spiro atoms. The molecule has 1 aliphatic carbocycles. The molecule has 1 saturated heterocycles. The Bertz CT molecular complexity index is 599. The fourth-order valence-electron chi connectivity index (χ4n) is 2.77. The fraction of sp³-hybridized carbons (Fsp3) is 0.500. The van der Waals surface area contributed by atoms with Gasteiger partial charge in [-0.05, 0) is 37.1 Å². The predicted molar refractivity (Wildman–Crippen MR) is 86.5 cm³/mol. The topological polar surface area (TPSA) is 58.6 Å². The van der Waals surface area contributed by atoms with Crippen molar-refractivity contribution in [2.24, 2.45) is 11.8 Å². The number of nitrogens with zero attached hydrogens (tertiary/aromatic N) is 1. The van der Waals surface area contributed by atoms with E-state index in [-0.39, 0.29) is 23.7 Å². The number of anilines is 1. The lowest BCUT2D eigenvalue weighted by molar-refractivity contribution is -0.137. The molecular weight excluding hydrogens is 348 g/mol. The molecule has 3 rings (SSSR count). The predicted octanol–water partition coefficient (Wildman–Crippen LogP) is 2.19. The molecule has 1 saturated carbocycles. The highest BCUT2D eigenvalue weighted by atomic mass is 79.9. The third-order valence-electron chi connectivity index (χ3n) is 4.21. The van der Waals surface area contributed by atoms with Gasteiger partial charge in [0.05, 0.1) is 25.0 Å². The van der Waals surface area contributed by atoms with Crippen molar-refractivity contribution >= 4 is 33.4 Å². The van der Waals surface area contributed by atoms with Gasteiger partial charge in [0, 0.05) is 23.2 Å². The Balaban J connectivity index is 1.57. The first-order valence-electron chi connectivity index (χ1n) is 7.50. The maximum absolute atomic E-state index is 12.3. The summed E-state index contributed by atoms with van der Waals surface area (Å²) in [5.41, 5.74) is 1.80. The number of nitrogens with one attached hydrogen (secondary N) is 1. The second kappa shape index (κ2) is 6.38. The molecule has 1 heterocycles. The van der Waals surface area contributed by atoms with Gasteiger partial charge in [0.15, 0.2) is 0 Å². The van der Waals surface area contributed by atoms with E-state index in [1.165, 1.54) is 0 Å². The zero-order chi connectivity index (χ0) is 15.7. The largest absolute Gasteiger partial charge is 0.378 e. The number of hydrogen-bond donors (Lipinski definition) is 1. The lowest BCUT2D eigenvalue weighted by atomic mass is 10.2. The van der Waals surface area contributed by atoms with Crippen LogP contribution in [0.15, 0.2) is 22.7 Å². The molecule has 2 aliphatic rings. The first-order chi connectivity index (χ1) is 10.6. The van der Waals surface area contributed by atoms with Crippen LogP contribution in [-0.4, -0.2) is 43.0 Å². The van der Waals surface area contributed by atoms with Gasteiger partial charge < -0.3 is 15.0 Å². The van der Waals surface area contributed by atoms with Crippen LogP contribution in [-0.2, 0) is 14.3 Å². The molecule has 2 amide bonds. The van der Waals surface area contributed by atoms with Gasteiger partial charge in [0.2, 0.25) is 11.8 Å². The third kappa shape index (κ3) is 3.33. The van der Waals surface area contributed by atoms with Crippen molar-refractivity contribution in [2.75, 3.05) is 31.6 Å². The van der Waals surface area contributed by atoms with Gasteiger partial charge in [-0.15, -0.1) is 0 Å². The Labute approximate surface area is 138 Å². The van der Waals surface area contributed by atoms with Crippen molar-refractivity contribution in [3.8, 4) is 0 Å². The van der Waals surface area contributed by atoms with Crippen molar-refractivity contribution in [2.45, 2.75) is 13.3 Å². The normalized spacial score (nSPS) is 24.0. The summed E-state index contributed by atoms with van der Waals surface area (Å²) in [7, 11) is 0. The molecule has 1 aromatic rings. The quantitative estimate of drug-likeness (QED) is 0.891. The van der Waals surface area contributed by atoms with Gasteiger partial charge in [0.25, 0.3) is 0 Å². The summed E-state index contributed by atoms with van der Waals surface area (Å²) >= 11 is 3.40.